The van der Waals surface area contributed by atoms with Gasteiger partial charge in [0.25, 0.3) is 0 Å². The maximum absolute atomic E-state index is 11.7. The summed E-state index contributed by atoms with van der Waals surface area (Å²) >= 11 is 0. The van der Waals surface area contributed by atoms with Crippen molar-refractivity contribution in [3.8, 4) is 0 Å². The lowest BCUT2D eigenvalue weighted by atomic mass is 10.2. The Hall–Kier alpha value is -1.88. The van der Waals surface area contributed by atoms with E-state index in [0.29, 0.717) is 19.5 Å². The Morgan fingerprint density at radius 2 is 2.41 bits per heavy atom. The van der Waals surface area contributed by atoms with Crippen LogP contribution in [0, 0.1) is 0 Å². The molecule has 17 heavy (non-hydrogen) atoms. The van der Waals surface area contributed by atoms with E-state index >= 15 is 0 Å². The maximum Gasteiger partial charge on any atom is 0.224 e. The van der Waals surface area contributed by atoms with Crippen molar-refractivity contribution in [1.82, 2.24) is 14.9 Å². The molecule has 0 aliphatic carbocycles. The maximum atomic E-state index is 11.7. The molecule has 1 amide bonds. The van der Waals surface area contributed by atoms with Crippen LogP contribution in [0.3, 0.4) is 0 Å². The van der Waals surface area contributed by atoms with Crippen LogP contribution in [-0.2, 0) is 11.3 Å². The molecule has 1 aliphatic heterocycles. The number of rotatable bonds is 2. The summed E-state index contributed by atoms with van der Waals surface area (Å²) in [5.74, 6) is 0.137. The standard InChI is InChI=1S/C12H14N4O/c13-9-5-11(17)16(7-9)6-8-1-3-14-12-10(8)2-4-15-12/h1-4,9H,5-7,13H2,(H,14,15). The molecule has 0 spiro atoms. The molecule has 88 valence electrons. The Balaban J connectivity index is 1.90. The summed E-state index contributed by atoms with van der Waals surface area (Å²) in [6.45, 7) is 1.26. The molecule has 2 aromatic rings. The molecule has 3 heterocycles. The summed E-state index contributed by atoms with van der Waals surface area (Å²) in [5, 5.41) is 1.07. The van der Waals surface area contributed by atoms with Gasteiger partial charge in [0.05, 0.1) is 0 Å². The molecule has 2 aromatic heterocycles. The first-order chi connectivity index (χ1) is 8.24. The SMILES string of the molecule is NC1CC(=O)N(Cc2ccnc3[nH]ccc23)C1. The summed E-state index contributed by atoms with van der Waals surface area (Å²) in [4.78, 5) is 20.8. The molecule has 5 nitrogen and oxygen atoms in total. The fourth-order valence-corrected chi connectivity index (χ4v) is 2.32. The largest absolute Gasteiger partial charge is 0.346 e. The Bertz CT molecular complexity index is 562. The number of likely N-dealkylation sites (tertiary alicyclic amines) is 1. The van der Waals surface area contributed by atoms with Gasteiger partial charge >= 0.3 is 0 Å². The fraction of sp³-hybridized carbons (Fsp3) is 0.333. The zero-order valence-electron chi connectivity index (χ0n) is 9.39. The van der Waals surface area contributed by atoms with E-state index in [2.05, 4.69) is 9.97 Å². The summed E-state index contributed by atoms with van der Waals surface area (Å²) in [6.07, 6.45) is 4.08. The molecule has 1 unspecified atom stereocenters. The molecule has 0 radical (unpaired) electrons. The van der Waals surface area contributed by atoms with E-state index in [4.69, 9.17) is 5.73 Å². The summed E-state index contributed by atoms with van der Waals surface area (Å²) in [6, 6.07) is 3.91. The Kier molecular flexibility index (Phi) is 2.33. The number of aromatic amines is 1. The van der Waals surface area contributed by atoms with E-state index in [1.54, 1.807) is 6.20 Å². The van der Waals surface area contributed by atoms with Crippen LogP contribution in [0.25, 0.3) is 11.0 Å². The van der Waals surface area contributed by atoms with Crippen molar-refractivity contribution in [3.05, 3.63) is 30.1 Å². The monoisotopic (exact) mass is 230 g/mol. The number of nitrogens with zero attached hydrogens (tertiary/aromatic N) is 2. The minimum atomic E-state index is -0.0222. The van der Waals surface area contributed by atoms with E-state index in [-0.39, 0.29) is 11.9 Å². The molecule has 1 aliphatic rings. The number of hydrogen-bond acceptors (Lipinski definition) is 3. The lowest BCUT2D eigenvalue weighted by Gasteiger charge is -2.16. The lowest BCUT2D eigenvalue weighted by molar-refractivity contribution is -0.128. The van der Waals surface area contributed by atoms with Gasteiger partial charge in [-0.15, -0.1) is 0 Å². The zero-order valence-corrected chi connectivity index (χ0v) is 9.39. The van der Waals surface area contributed by atoms with Gasteiger partial charge in [-0.2, -0.15) is 0 Å². The van der Waals surface area contributed by atoms with Gasteiger partial charge in [0.1, 0.15) is 5.65 Å². The van der Waals surface area contributed by atoms with Crippen molar-refractivity contribution in [2.75, 3.05) is 6.54 Å². The third-order valence-electron chi connectivity index (χ3n) is 3.16. The van der Waals surface area contributed by atoms with Crippen molar-refractivity contribution in [2.24, 2.45) is 5.73 Å². The molecule has 5 heteroatoms. The normalized spacial score (nSPS) is 20.4. The van der Waals surface area contributed by atoms with E-state index in [1.807, 2.05) is 23.2 Å². The first-order valence-electron chi connectivity index (χ1n) is 5.68. The second-order valence-corrected chi connectivity index (χ2v) is 4.45. The number of fused-ring (bicyclic) bond motifs is 1. The van der Waals surface area contributed by atoms with Crippen molar-refractivity contribution >= 4 is 16.9 Å². The molecule has 1 saturated heterocycles. The van der Waals surface area contributed by atoms with Gasteiger partial charge in [0.2, 0.25) is 5.91 Å². The average Bonchev–Trinajstić information content (AvgIpc) is 2.87. The predicted molar refractivity (Wildman–Crippen MR) is 64.1 cm³/mol. The summed E-state index contributed by atoms with van der Waals surface area (Å²) < 4.78 is 0. The van der Waals surface area contributed by atoms with Gasteiger partial charge < -0.3 is 15.6 Å². The number of H-pyrrole nitrogens is 1. The van der Waals surface area contributed by atoms with Crippen LogP contribution in [0.1, 0.15) is 12.0 Å². The molecule has 1 atom stereocenters. The van der Waals surface area contributed by atoms with Crippen LogP contribution in [0.2, 0.25) is 0 Å². The summed E-state index contributed by atoms with van der Waals surface area (Å²) in [5.41, 5.74) is 7.75. The summed E-state index contributed by atoms with van der Waals surface area (Å²) in [7, 11) is 0. The Morgan fingerprint density at radius 3 is 3.18 bits per heavy atom. The predicted octanol–water partition coefficient (Wildman–Crippen LogP) is 0.622. The first kappa shape index (κ1) is 10.3. The lowest BCUT2D eigenvalue weighted by Crippen LogP contribution is -2.27. The van der Waals surface area contributed by atoms with E-state index < -0.39 is 0 Å². The molecule has 0 saturated carbocycles. The average molecular weight is 230 g/mol. The minimum Gasteiger partial charge on any atom is -0.346 e. The minimum absolute atomic E-state index is 0.0222. The highest BCUT2D eigenvalue weighted by Gasteiger charge is 2.27. The van der Waals surface area contributed by atoms with Gasteiger partial charge in [0, 0.05) is 43.3 Å². The van der Waals surface area contributed by atoms with Crippen LogP contribution in [-0.4, -0.2) is 33.4 Å². The van der Waals surface area contributed by atoms with Crippen LogP contribution in [0.4, 0.5) is 0 Å². The van der Waals surface area contributed by atoms with Crippen LogP contribution in [0.5, 0.6) is 0 Å². The van der Waals surface area contributed by atoms with Gasteiger partial charge in [-0.1, -0.05) is 0 Å². The molecule has 3 N–H and O–H groups in total. The van der Waals surface area contributed by atoms with E-state index in [9.17, 15) is 4.79 Å². The number of nitrogens with two attached hydrogens (primary N) is 1. The van der Waals surface area contributed by atoms with Crippen LogP contribution >= 0.6 is 0 Å². The van der Waals surface area contributed by atoms with E-state index in [0.717, 1.165) is 16.6 Å². The third-order valence-corrected chi connectivity index (χ3v) is 3.16. The number of hydrogen-bond donors (Lipinski definition) is 2. The number of aromatic nitrogens is 2. The first-order valence-corrected chi connectivity index (χ1v) is 5.68. The van der Waals surface area contributed by atoms with Gasteiger partial charge in [-0.05, 0) is 17.7 Å². The highest BCUT2D eigenvalue weighted by Crippen LogP contribution is 2.19. The quantitative estimate of drug-likeness (QED) is 0.794. The molecule has 0 bridgehead atoms. The van der Waals surface area contributed by atoms with Crippen molar-refractivity contribution in [3.63, 3.8) is 0 Å². The number of nitrogens with one attached hydrogen (secondary N) is 1. The number of carbonyl (C=O) groups excluding carboxylic acids is 1. The van der Waals surface area contributed by atoms with Crippen LogP contribution < -0.4 is 5.73 Å². The fourth-order valence-electron chi connectivity index (χ4n) is 2.32. The van der Waals surface area contributed by atoms with E-state index in [1.165, 1.54) is 0 Å². The van der Waals surface area contributed by atoms with Gasteiger partial charge in [-0.25, -0.2) is 4.98 Å². The van der Waals surface area contributed by atoms with Crippen LogP contribution in [0.15, 0.2) is 24.5 Å². The Morgan fingerprint density at radius 1 is 1.53 bits per heavy atom. The third kappa shape index (κ3) is 1.78. The second-order valence-electron chi connectivity index (χ2n) is 4.45. The highest BCUT2D eigenvalue weighted by molar-refractivity contribution is 5.82. The van der Waals surface area contributed by atoms with Gasteiger partial charge in [-0.3, -0.25) is 4.79 Å². The number of carbonyl (C=O) groups is 1. The molecule has 1 fully saturated rings. The molecular formula is C12H14N4O. The smallest absolute Gasteiger partial charge is 0.224 e. The van der Waals surface area contributed by atoms with Crippen molar-refractivity contribution in [1.29, 1.82) is 0 Å². The number of amides is 1. The van der Waals surface area contributed by atoms with Crippen molar-refractivity contribution in [2.45, 2.75) is 19.0 Å². The van der Waals surface area contributed by atoms with Gasteiger partial charge in [0.15, 0.2) is 0 Å². The molecular weight excluding hydrogens is 216 g/mol. The molecule has 3 rings (SSSR count). The number of pyridine rings is 1. The zero-order chi connectivity index (χ0) is 11.8. The topological polar surface area (TPSA) is 75.0 Å². The second kappa shape index (κ2) is 3.85. The highest BCUT2D eigenvalue weighted by atomic mass is 16.2. The molecule has 0 aromatic carbocycles. The Labute approximate surface area is 98.6 Å². The van der Waals surface area contributed by atoms with Crippen molar-refractivity contribution < 1.29 is 4.79 Å².